The number of nitrogens with one attached hydrogen (secondary N) is 1. The van der Waals surface area contributed by atoms with Crippen molar-refractivity contribution in [2.24, 2.45) is 5.92 Å². The molecule has 3 rings (SSSR count). The first kappa shape index (κ1) is 16.4. The van der Waals surface area contributed by atoms with Crippen LogP contribution in [0.3, 0.4) is 0 Å². The molecule has 1 aliphatic rings. The average Bonchev–Trinajstić information content (AvgIpc) is 3.17. The summed E-state index contributed by atoms with van der Waals surface area (Å²) in [5, 5.41) is 4.36. The van der Waals surface area contributed by atoms with E-state index in [2.05, 4.69) is 14.9 Å². The van der Waals surface area contributed by atoms with E-state index >= 15 is 0 Å². The van der Waals surface area contributed by atoms with Gasteiger partial charge >= 0.3 is 0 Å². The van der Waals surface area contributed by atoms with Crippen LogP contribution in [0.4, 0.5) is 0 Å². The molecule has 1 aromatic carbocycles. The molecule has 0 amide bonds. The summed E-state index contributed by atoms with van der Waals surface area (Å²) in [5.74, 6) is 0.989. The second-order valence-corrected chi connectivity index (χ2v) is 8.00. The number of nitrogens with zero attached hydrogens (tertiary/aromatic N) is 2. The fourth-order valence-corrected chi connectivity index (χ4v) is 4.43. The Hall–Kier alpha value is -1.44. The highest BCUT2D eigenvalue weighted by Gasteiger charge is 2.23. The zero-order chi connectivity index (χ0) is 16.3. The van der Waals surface area contributed by atoms with Gasteiger partial charge in [0.05, 0.1) is 17.3 Å². The highest BCUT2D eigenvalue weighted by Crippen LogP contribution is 2.26. The summed E-state index contributed by atoms with van der Waals surface area (Å²) in [6, 6.07) is 7.14. The minimum atomic E-state index is -3.33. The topological polar surface area (TPSA) is 85.1 Å². The smallest absolute Gasteiger partial charge is 0.242 e. The lowest BCUT2D eigenvalue weighted by Crippen LogP contribution is -2.29. The van der Waals surface area contributed by atoms with Crippen LogP contribution in [0.25, 0.3) is 11.4 Å². The normalized spacial score (nSPS) is 16.0. The Morgan fingerprint density at radius 1 is 1.26 bits per heavy atom. The maximum atomic E-state index is 12.1. The molecule has 0 aliphatic heterocycles. The minimum absolute atomic E-state index is 0.00743. The molecule has 23 heavy (non-hydrogen) atoms. The molecule has 1 fully saturated rings. The Labute approximate surface area is 140 Å². The highest BCUT2D eigenvalue weighted by molar-refractivity contribution is 7.89. The molecule has 0 unspecified atom stereocenters. The van der Waals surface area contributed by atoms with E-state index in [0.29, 0.717) is 16.4 Å². The van der Waals surface area contributed by atoms with E-state index in [1.54, 1.807) is 12.1 Å². The van der Waals surface area contributed by atoms with Gasteiger partial charge in [0.2, 0.25) is 21.7 Å². The average molecular weight is 356 g/mol. The third kappa shape index (κ3) is 4.31. The minimum Gasteiger partial charge on any atom is -0.338 e. The van der Waals surface area contributed by atoms with Crippen molar-refractivity contribution in [3.63, 3.8) is 0 Å². The number of aromatic nitrogens is 2. The fourth-order valence-electron chi connectivity index (χ4n) is 2.80. The summed E-state index contributed by atoms with van der Waals surface area (Å²) in [7, 11) is -3.33. The molecule has 1 heterocycles. The van der Waals surface area contributed by atoms with Crippen molar-refractivity contribution in [2.45, 2.75) is 32.2 Å². The molecular formula is C15H18ClN3O3S. The number of rotatable bonds is 6. The Balaban J connectivity index is 1.62. The number of benzene rings is 1. The Morgan fingerprint density at radius 3 is 2.74 bits per heavy atom. The van der Waals surface area contributed by atoms with Crippen molar-refractivity contribution in [3.05, 3.63) is 35.2 Å². The lowest BCUT2D eigenvalue weighted by atomic mass is 10.1. The summed E-state index contributed by atoms with van der Waals surface area (Å²) in [6.45, 7) is -0.00743. The lowest BCUT2D eigenvalue weighted by molar-refractivity contribution is 0.375. The van der Waals surface area contributed by atoms with Crippen LogP contribution in [0.15, 0.2) is 28.8 Å². The van der Waals surface area contributed by atoms with E-state index < -0.39 is 10.0 Å². The van der Waals surface area contributed by atoms with Crippen LogP contribution in [0.2, 0.25) is 5.02 Å². The summed E-state index contributed by atoms with van der Waals surface area (Å²) in [4.78, 5) is 4.19. The van der Waals surface area contributed by atoms with Gasteiger partial charge in [-0.2, -0.15) is 4.98 Å². The van der Waals surface area contributed by atoms with E-state index in [1.807, 2.05) is 12.1 Å². The van der Waals surface area contributed by atoms with Crippen molar-refractivity contribution in [1.29, 1.82) is 0 Å². The van der Waals surface area contributed by atoms with Crippen molar-refractivity contribution in [1.82, 2.24) is 14.9 Å². The van der Waals surface area contributed by atoms with Gasteiger partial charge < -0.3 is 4.52 Å². The summed E-state index contributed by atoms with van der Waals surface area (Å²) in [5.41, 5.74) is 0.651. The molecule has 0 atom stereocenters. The standard InChI is InChI=1S/C15H18ClN3O3S/c16-13-8-4-3-7-12(13)15-18-14(22-19-15)9-17-23(20,21)10-11-5-1-2-6-11/h3-4,7-8,11,17H,1-2,5-6,9-10H2. The van der Waals surface area contributed by atoms with Gasteiger partial charge in [-0.1, -0.05) is 41.7 Å². The van der Waals surface area contributed by atoms with Crippen LogP contribution in [-0.4, -0.2) is 24.3 Å². The van der Waals surface area contributed by atoms with Crippen LogP contribution in [0.1, 0.15) is 31.6 Å². The molecule has 1 aromatic heterocycles. The SMILES string of the molecule is O=S(=O)(CC1CCCC1)NCc1nc(-c2ccccc2Cl)no1. The highest BCUT2D eigenvalue weighted by atomic mass is 35.5. The first-order chi connectivity index (χ1) is 11.0. The second-order valence-electron chi connectivity index (χ2n) is 5.74. The van der Waals surface area contributed by atoms with E-state index in [-0.39, 0.29) is 24.1 Å². The first-order valence-corrected chi connectivity index (χ1v) is 9.61. The van der Waals surface area contributed by atoms with Gasteiger partial charge in [-0.3, -0.25) is 0 Å². The third-order valence-electron chi connectivity index (χ3n) is 3.96. The quantitative estimate of drug-likeness (QED) is 0.860. The summed E-state index contributed by atoms with van der Waals surface area (Å²) in [6.07, 6.45) is 4.20. The third-order valence-corrected chi connectivity index (χ3v) is 5.78. The molecule has 0 saturated heterocycles. The van der Waals surface area contributed by atoms with E-state index in [9.17, 15) is 8.42 Å². The molecular weight excluding hydrogens is 338 g/mol. The van der Waals surface area contributed by atoms with Crippen molar-refractivity contribution in [3.8, 4) is 11.4 Å². The molecule has 8 heteroatoms. The van der Waals surface area contributed by atoms with Gasteiger partial charge in [0.1, 0.15) is 0 Å². The molecule has 0 spiro atoms. The van der Waals surface area contributed by atoms with Gasteiger partial charge in [0.15, 0.2) is 0 Å². The predicted octanol–water partition coefficient (Wildman–Crippen LogP) is 3.00. The summed E-state index contributed by atoms with van der Waals surface area (Å²) < 4.78 is 31.8. The maximum Gasteiger partial charge on any atom is 0.242 e. The number of hydrogen-bond acceptors (Lipinski definition) is 5. The van der Waals surface area contributed by atoms with E-state index in [4.69, 9.17) is 16.1 Å². The second kappa shape index (κ2) is 6.98. The number of sulfonamides is 1. The van der Waals surface area contributed by atoms with E-state index in [0.717, 1.165) is 25.7 Å². The van der Waals surface area contributed by atoms with Crippen LogP contribution in [0.5, 0.6) is 0 Å². The van der Waals surface area contributed by atoms with Crippen molar-refractivity contribution in [2.75, 3.05) is 5.75 Å². The molecule has 124 valence electrons. The molecule has 1 saturated carbocycles. The van der Waals surface area contributed by atoms with Crippen LogP contribution in [0, 0.1) is 5.92 Å². The van der Waals surface area contributed by atoms with Crippen molar-refractivity contribution >= 4 is 21.6 Å². The lowest BCUT2D eigenvalue weighted by Gasteiger charge is -2.09. The maximum absolute atomic E-state index is 12.1. The van der Waals surface area contributed by atoms with Gasteiger partial charge in [-0.25, -0.2) is 13.1 Å². The fraction of sp³-hybridized carbons (Fsp3) is 0.467. The number of halogens is 1. The monoisotopic (exact) mass is 355 g/mol. The zero-order valence-electron chi connectivity index (χ0n) is 12.5. The number of hydrogen-bond donors (Lipinski definition) is 1. The van der Waals surface area contributed by atoms with Crippen LogP contribution in [-0.2, 0) is 16.6 Å². The molecule has 0 bridgehead atoms. The van der Waals surface area contributed by atoms with Gasteiger partial charge in [0, 0.05) is 5.56 Å². The Bertz CT molecular complexity index is 770. The largest absolute Gasteiger partial charge is 0.338 e. The molecule has 1 aliphatic carbocycles. The predicted molar refractivity (Wildman–Crippen MR) is 87.3 cm³/mol. The van der Waals surface area contributed by atoms with Crippen molar-refractivity contribution < 1.29 is 12.9 Å². The Kier molecular flexibility index (Phi) is 4.99. The molecule has 1 N–H and O–H groups in total. The first-order valence-electron chi connectivity index (χ1n) is 7.58. The van der Waals surface area contributed by atoms with E-state index in [1.165, 1.54) is 0 Å². The van der Waals surface area contributed by atoms with Gasteiger partial charge in [0.25, 0.3) is 0 Å². The zero-order valence-corrected chi connectivity index (χ0v) is 14.1. The molecule has 6 nitrogen and oxygen atoms in total. The van der Waals surface area contributed by atoms with Crippen LogP contribution < -0.4 is 4.72 Å². The molecule has 2 aromatic rings. The van der Waals surface area contributed by atoms with Gasteiger partial charge in [-0.15, -0.1) is 0 Å². The summed E-state index contributed by atoms with van der Waals surface area (Å²) >= 11 is 6.08. The Morgan fingerprint density at radius 2 is 2.00 bits per heavy atom. The van der Waals surface area contributed by atoms with Gasteiger partial charge in [-0.05, 0) is 30.9 Å². The molecule has 0 radical (unpaired) electrons. The van der Waals surface area contributed by atoms with Crippen LogP contribution >= 0.6 is 11.6 Å².